The molecule has 1 saturated heterocycles. The fourth-order valence-electron chi connectivity index (χ4n) is 2.01. The maximum atomic E-state index is 12.5. The summed E-state index contributed by atoms with van der Waals surface area (Å²) in [7, 11) is -3.90. The third-order valence-electron chi connectivity index (χ3n) is 3.14. The van der Waals surface area contributed by atoms with Crippen LogP contribution in [0.15, 0.2) is 23.1 Å². The number of hydrogen-bond acceptors (Lipinski definition) is 7. The molecule has 2 rings (SSSR count). The number of anilines is 1. The van der Waals surface area contributed by atoms with Crippen LogP contribution >= 0.6 is 0 Å². The van der Waals surface area contributed by atoms with Gasteiger partial charge in [-0.2, -0.15) is 4.31 Å². The first kappa shape index (κ1) is 15.6. The van der Waals surface area contributed by atoms with Gasteiger partial charge in [-0.3, -0.25) is 10.1 Å². The van der Waals surface area contributed by atoms with Gasteiger partial charge in [-0.25, -0.2) is 8.42 Å². The molecule has 10 heteroatoms. The van der Waals surface area contributed by atoms with E-state index in [0.29, 0.717) is 0 Å². The normalized spacial score (nSPS) is 20.3. The van der Waals surface area contributed by atoms with Crippen LogP contribution in [0.2, 0.25) is 0 Å². The minimum absolute atomic E-state index is 0.00297. The molecule has 1 aromatic carbocycles. The minimum Gasteiger partial charge on any atom is -0.394 e. The Morgan fingerprint density at radius 2 is 2.24 bits per heavy atom. The molecular weight excluding hydrogens is 302 g/mol. The molecule has 0 aliphatic carbocycles. The number of nitrogens with two attached hydrogens (primary N) is 1. The first-order valence-electron chi connectivity index (χ1n) is 6.13. The van der Waals surface area contributed by atoms with Crippen molar-refractivity contribution in [2.45, 2.75) is 11.0 Å². The smallest absolute Gasteiger partial charge is 0.293 e. The monoisotopic (exact) mass is 317 g/mol. The van der Waals surface area contributed by atoms with E-state index in [4.69, 9.17) is 15.6 Å². The molecule has 1 aliphatic heterocycles. The van der Waals surface area contributed by atoms with Crippen LogP contribution in [-0.4, -0.2) is 55.2 Å². The standard InChI is InChI=1S/C11H15N3O6S/c12-10-2-1-9(5-11(10)14(16)17)21(18,19)13-3-4-20-8(6-13)7-15/h1-2,5,8,15H,3-4,6-7,12H2. The lowest BCUT2D eigenvalue weighted by Gasteiger charge is -2.31. The maximum Gasteiger partial charge on any atom is 0.293 e. The van der Waals surface area contributed by atoms with E-state index in [2.05, 4.69) is 0 Å². The average molecular weight is 317 g/mol. The Labute approximate surface area is 121 Å². The van der Waals surface area contributed by atoms with E-state index in [9.17, 15) is 18.5 Å². The predicted octanol–water partition coefficient (Wildman–Crippen LogP) is -0.441. The number of hydrogen-bond donors (Lipinski definition) is 2. The molecule has 1 atom stereocenters. The number of nitro groups is 1. The molecular formula is C11H15N3O6S. The van der Waals surface area contributed by atoms with Gasteiger partial charge in [0.05, 0.1) is 29.1 Å². The third-order valence-corrected chi connectivity index (χ3v) is 5.00. The molecule has 1 unspecified atom stereocenters. The van der Waals surface area contributed by atoms with E-state index in [-0.39, 0.29) is 36.9 Å². The van der Waals surface area contributed by atoms with Gasteiger partial charge in [0.25, 0.3) is 5.69 Å². The molecule has 1 aromatic rings. The molecule has 9 nitrogen and oxygen atoms in total. The van der Waals surface area contributed by atoms with E-state index in [1.54, 1.807) is 0 Å². The minimum atomic E-state index is -3.90. The molecule has 116 valence electrons. The zero-order valence-electron chi connectivity index (χ0n) is 11.0. The Bertz CT molecular complexity index is 647. The lowest BCUT2D eigenvalue weighted by atomic mass is 10.3. The Morgan fingerprint density at radius 3 is 2.86 bits per heavy atom. The highest BCUT2D eigenvalue weighted by Gasteiger charge is 2.31. The third kappa shape index (κ3) is 3.13. The van der Waals surface area contributed by atoms with Crippen molar-refractivity contribution in [3.8, 4) is 0 Å². The molecule has 1 aliphatic rings. The second-order valence-electron chi connectivity index (χ2n) is 4.52. The first-order chi connectivity index (χ1) is 9.86. The lowest BCUT2D eigenvalue weighted by Crippen LogP contribution is -2.46. The summed E-state index contributed by atoms with van der Waals surface area (Å²) >= 11 is 0. The summed E-state index contributed by atoms with van der Waals surface area (Å²) in [6.07, 6.45) is -0.600. The number of rotatable bonds is 4. The number of morpholine rings is 1. The highest BCUT2D eigenvalue weighted by molar-refractivity contribution is 7.89. The fraction of sp³-hybridized carbons (Fsp3) is 0.455. The summed E-state index contributed by atoms with van der Waals surface area (Å²) in [6.45, 7) is -0.0244. The van der Waals surface area contributed by atoms with Gasteiger partial charge < -0.3 is 15.6 Å². The van der Waals surface area contributed by atoms with Gasteiger partial charge in [0.1, 0.15) is 5.69 Å². The number of ether oxygens (including phenoxy) is 1. The molecule has 21 heavy (non-hydrogen) atoms. The topological polar surface area (TPSA) is 136 Å². The number of benzene rings is 1. The molecule has 0 saturated carbocycles. The molecule has 0 aromatic heterocycles. The van der Waals surface area contributed by atoms with Crippen LogP contribution in [0, 0.1) is 10.1 Å². The first-order valence-corrected chi connectivity index (χ1v) is 7.57. The summed E-state index contributed by atoms with van der Waals surface area (Å²) in [4.78, 5) is 9.90. The summed E-state index contributed by atoms with van der Waals surface area (Å²) < 4.78 is 31.2. The Balaban J connectivity index is 2.35. The van der Waals surface area contributed by atoms with E-state index < -0.39 is 26.7 Å². The fourth-order valence-corrected chi connectivity index (χ4v) is 3.49. The second kappa shape index (κ2) is 5.93. The highest BCUT2D eigenvalue weighted by atomic mass is 32.2. The van der Waals surface area contributed by atoms with Crippen molar-refractivity contribution >= 4 is 21.4 Å². The second-order valence-corrected chi connectivity index (χ2v) is 6.45. The summed E-state index contributed by atoms with van der Waals surface area (Å²) in [5, 5.41) is 19.9. The molecule has 0 radical (unpaired) electrons. The van der Waals surface area contributed by atoms with E-state index in [1.807, 2.05) is 0 Å². The van der Waals surface area contributed by atoms with Crippen LogP contribution in [0.4, 0.5) is 11.4 Å². The SMILES string of the molecule is Nc1ccc(S(=O)(=O)N2CCOC(CO)C2)cc1[N+](=O)[O-]. The molecule has 0 amide bonds. The summed E-state index contributed by atoms with van der Waals surface area (Å²) in [6, 6.07) is 3.35. The van der Waals surface area contributed by atoms with Crippen LogP contribution in [0.5, 0.6) is 0 Å². The van der Waals surface area contributed by atoms with Crippen LogP contribution < -0.4 is 5.73 Å². The van der Waals surface area contributed by atoms with Gasteiger partial charge in [0.15, 0.2) is 0 Å². The quantitative estimate of drug-likeness (QED) is 0.436. The van der Waals surface area contributed by atoms with Crippen molar-refractivity contribution < 1.29 is 23.2 Å². The van der Waals surface area contributed by atoms with Gasteiger partial charge in [-0.05, 0) is 12.1 Å². The highest BCUT2D eigenvalue weighted by Crippen LogP contribution is 2.27. The van der Waals surface area contributed by atoms with Crippen LogP contribution in [0.3, 0.4) is 0 Å². The van der Waals surface area contributed by atoms with Crippen molar-refractivity contribution in [3.05, 3.63) is 28.3 Å². The zero-order chi connectivity index (χ0) is 15.6. The Morgan fingerprint density at radius 1 is 1.52 bits per heavy atom. The van der Waals surface area contributed by atoms with E-state index in [0.717, 1.165) is 10.4 Å². The van der Waals surface area contributed by atoms with Crippen molar-refractivity contribution in [3.63, 3.8) is 0 Å². The van der Waals surface area contributed by atoms with Crippen molar-refractivity contribution in [2.24, 2.45) is 0 Å². The number of sulfonamides is 1. The molecule has 1 fully saturated rings. The molecule has 1 heterocycles. The van der Waals surface area contributed by atoms with Gasteiger partial charge in [-0.1, -0.05) is 0 Å². The predicted molar refractivity (Wildman–Crippen MR) is 73.1 cm³/mol. The number of aliphatic hydroxyl groups is 1. The molecule has 3 N–H and O–H groups in total. The Kier molecular flexibility index (Phi) is 4.42. The van der Waals surface area contributed by atoms with Crippen LogP contribution in [0.25, 0.3) is 0 Å². The van der Waals surface area contributed by atoms with Gasteiger partial charge in [0.2, 0.25) is 10.0 Å². The van der Waals surface area contributed by atoms with Gasteiger partial charge in [-0.15, -0.1) is 0 Å². The van der Waals surface area contributed by atoms with E-state index in [1.165, 1.54) is 12.1 Å². The van der Waals surface area contributed by atoms with Crippen molar-refractivity contribution in [1.82, 2.24) is 4.31 Å². The molecule has 0 spiro atoms. The van der Waals surface area contributed by atoms with Crippen LogP contribution in [-0.2, 0) is 14.8 Å². The van der Waals surface area contributed by atoms with Crippen molar-refractivity contribution in [1.29, 1.82) is 0 Å². The van der Waals surface area contributed by atoms with Gasteiger partial charge >= 0.3 is 0 Å². The summed E-state index contributed by atoms with van der Waals surface area (Å²) in [5.41, 5.74) is 4.89. The number of nitrogen functional groups attached to an aromatic ring is 1. The number of aliphatic hydroxyl groups excluding tert-OH is 1. The maximum absolute atomic E-state index is 12.5. The average Bonchev–Trinajstić information content (AvgIpc) is 2.47. The number of nitro benzene ring substituents is 1. The Hall–Kier alpha value is -1.75. The summed E-state index contributed by atoms with van der Waals surface area (Å²) in [5.74, 6) is 0. The van der Waals surface area contributed by atoms with Crippen LogP contribution in [0.1, 0.15) is 0 Å². The van der Waals surface area contributed by atoms with Gasteiger partial charge in [0, 0.05) is 19.2 Å². The van der Waals surface area contributed by atoms with E-state index >= 15 is 0 Å². The van der Waals surface area contributed by atoms with Crippen molar-refractivity contribution in [2.75, 3.05) is 32.0 Å². The number of nitrogens with zero attached hydrogens (tertiary/aromatic N) is 2. The zero-order valence-corrected chi connectivity index (χ0v) is 11.8. The largest absolute Gasteiger partial charge is 0.394 e. The molecule has 0 bridgehead atoms. The lowest BCUT2D eigenvalue weighted by molar-refractivity contribution is -0.384.